The van der Waals surface area contributed by atoms with Crippen LogP contribution < -0.4 is 0 Å². The molecule has 1 aliphatic heterocycles. The van der Waals surface area contributed by atoms with E-state index in [9.17, 15) is 4.79 Å². The summed E-state index contributed by atoms with van der Waals surface area (Å²) < 4.78 is 5.57. The van der Waals surface area contributed by atoms with Gasteiger partial charge in [-0.05, 0) is 93.5 Å². The van der Waals surface area contributed by atoms with Gasteiger partial charge in [0.2, 0.25) is 0 Å². The molecule has 0 fully saturated rings. The standard InChI is InChI=1S/C21H31NO2/c1-5-17-18-9-7-6-8-15(18)14-16-10-12-22(13-11-19(16)17)20(23)24-21(2,3)4/h14H,5-13H2,1-4H3. The summed E-state index contributed by atoms with van der Waals surface area (Å²) in [7, 11) is 0. The van der Waals surface area contributed by atoms with E-state index in [-0.39, 0.29) is 6.09 Å². The number of carbonyl (C=O) groups is 1. The number of ether oxygens (including phenoxy) is 1. The van der Waals surface area contributed by atoms with Crippen molar-refractivity contribution in [3.8, 4) is 0 Å². The first-order valence-corrected chi connectivity index (χ1v) is 9.52. The van der Waals surface area contributed by atoms with E-state index in [1.807, 2.05) is 25.7 Å². The molecule has 24 heavy (non-hydrogen) atoms. The molecule has 0 saturated carbocycles. The van der Waals surface area contributed by atoms with Gasteiger partial charge in [-0.1, -0.05) is 13.0 Å². The predicted octanol–water partition coefficient (Wildman–Crippen LogP) is 4.46. The maximum absolute atomic E-state index is 12.4. The fraction of sp³-hybridized carbons (Fsp3) is 0.667. The lowest BCUT2D eigenvalue weighted by Gasteiger charge is -2.26. The van der Waals surface area contributed by atoms with Gasteiger partial charge in [-0.2, -0.15) is 0 Å². The fourth-order valence-corrected chi connectivity index (χ4v) is 4.19. The van der Waals surface area contributed by atoms with Crippen molar-refractivity contribution in [1.29, 1.82) is 0 Å². The third-order valence-electron chi connectivity index (χ3n) is 5.26. The van der Waals surface area contributed by atoms with Crippen LogP contribution in [-0.2, 0) is 36.8 Å². The van der Waals surface area contributed by atoms with E-state index in [4.69, 9.17) is 4.74 Å². The van der Waals surface area contributed by atoms with Crippen molar-refractivity contribution in [2.24, 2.45) is 0 Å². The van der Waals surface area contributed by atoms with Gasteiger partial charge in [-0.3, -0.25) is 0 Å². The number of hydrogen-bond donors (Lipinski definition) is 0. The van der Waals surface area contributed by atoms with Crippen molar-refractivity contribution in [2.45, 2.75) is 78.2 Å². The molecule has 1 amide bonds. The first kappa shape index (κ1) is 17.3. The fourth-order valence-electron chi connectivity index (χ4n) is 4.19. The summed E-state index contributed by atoms with van der Waals surface area (Å²) in [6.45, 7) is 9.61. The Labute approximate surface area is 146 Å². The molecule has 0 unspecified atom stereocenters. The number of hydrogen-bond acceptors (Lipinski definition) is 2. The third kappa shape index (κ3) is 3.60. The Kier molecular flexibility index (Phi) is 4.89. The van der Waals surface area contributed by atoms with E-state index < -0.39 is 5.60 Å². The molecule has 0 bridgehead atoms. The topological polar surface area (TPSA) is 29.5 Å². The molecule has 2 aliphatic rings. The van der Waals surface area contributed by atoms with Gasteiger partial charge in [0.05, 0.1) is 0 Å². The highest BCUT2D eigenvalue weighted by Crippen LogP contribution is 2.32. The number of nitrogens with zero attached hydrogens (tertiary/aromatic N) is 1. The van der Waals surface area contributed by atoms with Crippen molar-refractivity contribution in [2.75, 3.05) is 13.1 Å². The molecular formula is C21H31NO2. The van der Waals surface area contributed by atoms with Crippen molar-refractivity contribution in [1.82, 2.24) is 4.90 Å². The molecule has 3 nitrogen and oxygen atoms in total. The summed E-state index contributed by atoms with van der Waals surface area (Å²) >= 11 is 0. The molecule has 1 aromatic rings. The second-order valence-corrected chi connectivity index (χ2v) is 8.16. The molecule has 0 radical (unpaired) electrons. The molecule has 0 spiro atoms. The van der Waals surface area contributed by atoms with Crippen LogP contribution in [-0.4, -0.2) is 29.7 Å². The number of rotatable bonds is 1. The maximum atomic E-state index is 12.4. The van der Waals surface area contributed by atoms with Crippen LogP contribution in [0.3, 0.4) is 0 Å². The molecule has 1 aromatic carbocycles. The Hall–Kier alpha value is -1.51. The molecular weight excluding hydrogens is 298 g/mol. The Morgan fingerprint density at radius 1 is 1.04 bits per heavy atom. The zero-order valence-electron chi connectivity index (χ0n) is 15.7. The molecule has 3 heteroatoms. The van der Waals surface area contributed by atoms with Crippen molar-refractivity contribution >= 4 is 6.09 Å². The van der Waals surface area contributed by atoms with Gasteiger partial charge in [-0.15, -0.1) is 0 Å². The van der Waals surface area contributed by atoms with Crippen LogP contribution in [0.5, 0.6) is 0 Å². The zero-order chi connectivity index (χ0) is 17.3. The van der Waals surface area contributed by atoms with Gasteiger partial charge in [0.25, 0.3) is 0 Å². The van der Waals surface area contributed by atoms with Crippen LogP contribution in [0, 0.1) is 0 Å². The van der Waals surface area contributed by atoms with E-state index in [0.717, 1.165) is 32.4 Å². The smallest absolute Gasteiger partial charge is 0.410 e. The lowest BCUT2D eigenvalue weighted by Crippen LogP contribution is -2.38. The molecule has 0 saturated heterocycles. The van der Waals surface area contributed by atoms with E-state index >= 15 is 0 Å². The molecule has 1 aliphatic carbocycles. The van der Waals surface area contributed by atoms with Gasteiger partial charge in [0.15, 0.2) is 0 Å². The van der Waals surface area contributed by atoms with Crippen LogP contribution in [0.1, 0.15) is 68.4 Å². The molecule has 0 aromatic heterocycles. The summed E-state index contributed by atoms with van der Waals surface area (Å²) in [4.78, 5) is 14.3. The van der Waals surface area contributed by atoms with E-state index in [1.165, 1.54) is 36.8 Å². The van der Waals surface area contributed by atoms with E-state index in [1.54, 1.807) is 16.7 Å². The van der Waals surface area contributed by atoms with Gasteiger partial charge >= 0.3 is 6.09 Å². The predicted molar refractivity (Wildman–Crippen MR) is 97.7 cm³/mol. The normalized spacial score (nSPS) is 17.8. The quantitative estimate of drug-likeness (QED) is 0.761. The summed E-state index contributed by atoms with van der Waals surface area (Å²) in [5.41, 5.74) is 7.33. The van der Waals surface area contributed by atoms with Crippen LogP contribution in [0.25, 0.3) is 0 Å². The van der Waals surface area contributed by atoms with Crippen LogP contribution in [0.2, 0.25) is 0 Å². The zero-order valence-corrected chi connectivity index (χ0v) is 15.7. The van der Waals surface area contributed by atoms with Crippen molar-refractivity contribution in [3.63, 3.8) is 0 Å². The highest BCUT2D eigenvalue weighted by atomic mass is 16.6. The molecule has 132 valence electrons. The lowest BCUT2D eigenvalue weighted by molar-refractivity contribution is 0.0258. The third-order valence-corrected chi connectivity index (χ3v) is 5.26. The molecule has 3 rings (SSSR count). The first-order valence-electron chi connectivity index (χ1n) is 9.52. The minimum Gasteiger partial charge on any atom is -0.444 e. The van der Waals surface area contributed by atoms with E-state index in [0.29, 0.717) is 0 Å². The molecule has 1 heterocycles. The Balaban J connectivity index is 1.84. The molecule has 0 atom stereocenters. The lowest BCUT2D eigenvalue weighted by atomic mass is 9.81. The average molecular weight is 329 g/mol. The first-order chi connectivity index (χ1) is 11.4. The van der Waals surface area contributed by atoms with Crippen LogP contribution in [0.4, 0.5) is 4.79 Å². The van der Waals surface area contributed by atoms with Crippen LogP contribution >= 0.6 is 0 Å². The second kappa shape index (κ2) is 6.78. The Morgan fingerprint density at radius 3 is 2.38 bits per heavy atom. The summed E-state index contributed by atoms with van der Waals surface area (Å²) in [5, 5.41) is 0. The summed E-state index contributed by atoms with van der Waals surface area (Å²) in [6.07, 6.45) is 7.96. The Morgan fingerprint density at radius 2 is 1.67 bits per heavy atom. The van der Waals surface area contributed by atoms with Crippen molar-refractivity contribution < 1.29 is 9.53 Å². The average Bonchev–Trinajstić information content (AvgIpc) is 2.73. The SMILES string of the molecule is CCc1c2c(cc3c1CCN(C(=O)OC(C)(C)C)CC3)CCCC2. The number of amides is 1. The number of aryl methyl sites for hydroxylation is 1. The van der Waals surface area contributed by atoms with Crippen molar-refractivity contribution in [3.05, 3.63) is 33.9 Å². The minimum absolute atomic E-state index is 0.168. The Bertz CT molecular complexity index is 628. The maximum Gasteiger partial charge on any atom is 0.410 e. The highest BCUT2D eigenvalue weighted by molar-refractivity contribution is 5.68. The summed E-state index contributed by atoms with van der Waals surface area (Å²) in [6, 6.07) is 2.45. The monoisotopic (exact) mass is 329 g/mol. The summed E-state index contributed by atoms with van der Waals surface area (Å²) in [5.74, 6) is 0. The number of carbonyl (C=O) groups excluding carboxylic acids is 1. The van der Waals surface area contributed by atoms with E-state index in [2.05, 4.69) is 13.0 Å². The van der Waals surface area contributed by atoms with Crippen LogP contribution in [0.15, 0.2) is 6.07 Å². The minimum atomic E-state index is -0.427. The van der Waals surface area contributed by atoms with Gasteiger partial charge < -0.3 is 9.64 Å². The largest absolute Gasteiger partial charge is 0.444 e. The van der Waals surface area contributed by atoms with Gasteiger partial charge in [-0.25, -0.2) is 4.79 Å². The molecule has 0 N–H and O–H groups in total. The number of fused-ring (bicyclic) bond motifs is 2. The van der Waals surface area contributed by atoms with Gasteiger partial charge in [0.1, 0.15) is 5.60 Å². The second-order valence-electron chi connectivity index (χ2n) is 8.16. The highest BCUT2D eigenvalue weighted by Gasteiger charge is 2.26. The number of benzene rings is 1. The van der Waals surface area contributed by atoms with Gasteiger partial charge in [0, 0.05) is 13.1 Å².